The number of methoxy groups -OCH3 is 1. The molecule has 0 heterocycles. The van der Waals surface area contributed by atoms with Gasteiger partial charge in [0.05, 0.1) is 23.3 Å². The van der Waals surface area contributed by atoms with Crippen molar-refractivity contribution in [2.45, 2.75) is 90.2 Å². The maximum absolute atomic E-state index is 13.9. The van der Waals surface area contributed by atoms with Gasteiger partial charge in [-0.15, -0.1) is 0 Å². The second-order valence-corrected chi connectivity index (χ2v) is 12.9. The van der Waals surface area contributed by atoms with Gasteiger partial charge in [0.15, 0.2) is 0 Å². The summed E-state index contributed by atoms with van der Waals surface area (Å²) in [6, 6.07) is 9.90. The van der Waals surface area contributed by atoms with E-state index >= 15 is 0 Å². The number of amides is 1. The molecule has 0 unspecified atom stereocenters. The molecule has 4 fully saturated rings. The van der Waals surface area contributed by atoms with E-state index in [9.17, 15) is 4.79 Å². The van der Waals surface area contributed by atoms with Crippen molar-refractivity contribution in [2.75, 3.05) is 14.2 Å². The number of rotatable bonds is 4. The summed E-state index contributed by atoms with van der Waals surface area (Å²) < 4.78 is 5.92. The van der Waals surface area contributed by atoms with E-state index in [-0.39, 0.29) is 23.0 Å². The van der Waals surface area contributed by atoms with E-state index in [1.807, 2.05) is 43.3 Å². The van der Waals surface area contributed by atoms with Gasteiger partial charge in [-0.1, -0.05) is 19.1 Å². The number of nitrogens with zero attached hydrogens (tertiary/aromatic N) is 2. The van der Waals surface area contributed by atoms with Crippen LogP contribution in [-0.2, 0) is 9.53 Å². The lowest BCUT2D eigenvalue weighted by Gasteiger charge is -2.57. The largest absolute Gasteiger partial charge is 0.379 e. The average Bonchev–Trinajstić information content (AvgIpc) is 3.24. The van der Waals surface area contributed by atoms with Crippen LogP contribution >= 0.6 is 0 Å². The van der Waals surface area contributed by atoms with Crippen molar-refractivity contribution in [1.82, 2.24) is 4.90 Å². The van der Waals surface area contributed by atoms with Gasteiger partial charge in [0.2, 0.25) is 5.91 Å². The number of carbonyl (C=O) groups is 1. The Bertz CT molecular complexity index is 983. The van der Waals surface area contributed by atoms with Crippen molar-refractivity contribution < 1.29 is 9.53 Å². The Morgan fingerprint density at radius 1 is 1.03 bits per heavy atom. The molecule has 190 valence electrons. The smallest absolute Gasteiger partial charge is 0.226 e. The zero-order valence-corrected chi connectivity index (χ0v) is 22.4. The second kappa shape index (κ2) is 9.22. The van der Waals surface area contributed by atoms with E-state index in [4.69, 9.17) is 10.00 Å². The first-order chi connectivity index (χ1) is 16.7. The van der Waals surface area contributed by atoms with E-state index in [0.29, 0.717) is 17.4 Å². The Hall–Kier alpha value is -1.86. The second-order valence-electron chi connectivity index (χ2n) is 12.9. The van der Waals surface area contributed by atoms with Crippen molar-refractivity contribution in [3.63, 3.8) is 0 Å². The molecule has 4 saturated carbocycles. The monoisotopic (exact) mass is 476 g/mol. The maximum Gasteiger partial charge on any atom is 0.226 e. The number of benzene rings is 1. The first-order valence-electron chi connectivity index (χ1n) is 14.0. The molecule has 5 rings (SSSR count). The van der Waals surface area contributed by atoms with Gasteiger partial charge in [-0.25, -0.2) is 0 Å². The Balaban J connectivity index is 1.29. The lowest BCUT2D eigenvalue weighted by atomic mass is 9.49. The Morgan fingerprint density at radius 3 is 2.43 bits per heavy atom. The Morgan fingerprint density at radius 2 is 1.74 bits per heavy atom. The highest BCUT2D eigenvalue weighted by atomic mass is 16.5. The summed E-state index contributed by atoms with van der Waals surface area (Å²) >= 11 is 0. The van der Waals surface area contributed by atoms with Crippen molar-refractivity contribution in [3.8, 4) is 6.07 Å². The van der Waals surface area contributed by atoms with Crippen LogP contribution in [0.15, 0.2) is 24.3 Å². The molecule has 0 saturated heterocycles. The first-order valence-corrected chi connectivity index (χ1v) is 14.0. The SMILES string of the molecule is CO[C@]1(C)CC[C@H]2[C@H](CC[C@@H]3[C@@H]2CC[C@]2(C)[C@@H](C(=O)N(C)[C@@H](C)c4ccc(C#N)cc4)CC[C@@H]32)C1. The summed E-state index contributed by atoms with van der Waals surface area (Å²) in [4.78, 5) is 15.9. The number of hydrogen-bond donors (Lipinski definition) is 0. The summed E-state index contributed by atoms with van der Waals surface area (Å²) in [5.74, 6) is 4.53. The minimum absolute atomic E-state index is 0.0157. The lowest BCUT2D eigenvalue weighted by molar-refractivity contribution is -0.145. The molecule has 4 nitrogen and oxygen atoms in total. The Labute approximate surface area is 212 Å². The third-order valence-corrected chi connectivity index (χ3v) is 11.5. The average molecular weight is 477 g/mol. The summed E-state index contributed by atoms with van der Waals surface area (Å²) in [5, 5.41) is 9.11. The quantitative estimate of drug-likeness (QED) is 0.483. The van der Waals surface area contributed by atoms with Crippen molar-refractivity contribution in [2.24, 2.45) is 40.9 Å². The third-order valence-electron chi connectivity index (χ3n) is 11.5. The van der Waals surface area contributed by atoms with Gasteiger partial charge in [-0.2, -0.15) is 5.26 Å². The maximum atomic E-state index is 13.9. The van der Waals surface area contributed by atoms with Gasteiger partial charge >= 0.3 is 0 Å². The fraction of sp³-hybridized carbons (Fsp3) is 0.742. The zero-order chi connectivity index (χ0) is 25.0. The molecule has 4 heteroatoms. The summed E-state index contributed by atoms with van der Waals surface area (Å²) in [7, 11) is 3.88. The number of carbonyl (C=O) groups excluding carboxylic acids is 1. The van der Waals surface area contributed by atoms with Gasteiger partial charge in [0.1, 0.15) is 0 Å². The van der Waals surface area contributed by atoms with E-state index < -0.39 is 0 Å². The highest BCUT2D eigenvalue weighted by Crippen LogP contribution is 2.65. The summed E-state index contributed by atoms with van der Waals surface area (Å²) in [6.07, 6.45) is 11.3. The van der Waals surface area contributed by atoms with Gasteiger partial charge in [0.25, 0.3) is 0 Å². The van der Waals surface area contributed by atoms with Gasteiger partial charge < -0.3 is 9.64 Å². The van der Waals surface area contributed by atoms with Gasteiger partial charge in [-0.05, 0) is 124 Å². The predicted molar refractivity (Wildman–Crippen MR) is 138 cm³/mol. The summed E-state index contributed by atoms with van der Waals surface area (Å²) in [6.45, 7) is 6.89. The standard InChI is InChI=1S/C31H44N2O2/c1-20(22-8-6-21(19-32)7-9-22)33(4)29(34)28-13-12-27-26-11-10-23-18-30(2,35-5)16-14-24(23)25(26)15-17-31(27,28)3/h6-9,20,23-28H,10-18H2,1-5H3/t20-,23+,24-,25+,26+,27-,28+,30+,31-/m0/s1. The zero-order valence-electron chi connectivity index (χ0n) is 22.4. The molecule has 35 heavy (non-hydrogen) atoms. The molecule has 0 N–H and O–H groups in total. The van der Waals surface area contributed by atoms with Crippen molar-refractivity contribution in [1.29, 1.82) is 5.26 Å². The number of nitriles is 1. The fourth-order valence-corrected chi connectivity index (χ4v) is 9.15. The first kappa shape index (κ1) is 24.8. The van der Waals surface area contributed by atoms with Gasteiger partial charge in [0, 0.05) is 20.1 Å². The van der Waals surface area contributed by atoms with Crippen LogP contribution in [0.3, 0.4) is 0 Å². The molecule has 4 aliphatic carbocycles. The molecule has 0 bridgehead atoms. The van der Waals surface area contributed by atoms with Crippen LogP contribution in [0.5, 0.6) is 0 Å². The molecule has 1 aromatic carbocycles. The topological polar surface area (TPSA) is 53.3 Å². The molecule has 0 spiro atoms. The van der Waals surface area contributed by atoms with Crippen LogP contribution in [0.1, 0.15) is 95.7 Å². The van der Waals surface area contributed by atoms with E-state index in [1.54, 1.807) is 0 Å². The van der Waals surface area contributed by atoms with Crippen LogP contribution < -0.4 is 0 Å². The minimum Gasteiger partial charge on any atom is -0.379 e. The van der Waals surface area contributed by atoms with Crippen LogP contribution in [0, 0.1) is 52.3 Å². The molecule has 0 aliphatic heterocycles. The predicted octanol–water partition coefficient (Wildman–Crippen LogP) is 6.75. The van der Waals surface area contributed by atoms with Crippen LogP contribution in [0.2, 0.25) is 0 Å². The molecule has 0 radical (unpaired) electrons. The fourth-order valence-electron chi connectivity index (χ4n) is 9.15. The Kier molecular flexibility index (Phi) is 6.54. The molecular formula is C31H44N2O2. The lowest BCUT2D eigenvalue weighted by Crippen LogP contribution is -2.52. The van der Waals surface area contributed by atoms with E-state index in [1.165, 1.54) is 51.4 Å². The molecular weight excluding hydrogens is 432 g/mol. The number of ether oxygens (including phenoxy) is 1. The molecule has 4 aliphatic rings. The third kappa shape index (κ3) is 4.12. The molecule has 1 amide bonds. The molecule has 9 atom stereocenters. The minimum atomic E-state index is 0.0157. The van der Waals surface area contributed by atoms with Crippen molar-refractivity contribution >= 4 is 5.91 Å². The highest BCUT2D eigenvalue weighted by Gasteiger charge is 2.59. The normalized spacial score (nSPS) is 41.1. The highest BCUT2D eigenvalue weighted by molar-refractivity contribution is 5.80. The molecule has 1 aromatic rings. The summed E-state index contributed by atoms with van der Waals surface area (Å²) in [5.41, 5.74) is 1.98. The van der Waals surface area contributed by atoms with Crippen molar-refractivity contribution in [3.05, 3.63) is 35.4 Å². The van der Waals surface area contributed by atoms with Crippen LogP contribution in [0.4, 0.5) is 0 Å². The number of fused-ring (bicyclic) bond motifs is 5. The van der Waals surface area contributed by atoms with E-state index in [0.717, 1.165) is 35.7 Å². The van der Waals surface area contributed by atoms with E-state index in [2.05, 4.69) is 26.8 Å². The van der Waals surface area contributed by atoms with Crippen LogP contribution in [0.25, 0.3) is 0 Å². The van der Waals surface area contributed by atoms with Gasteiger partial charge in [-0.3, -0.25) is 4.79 Å². The molecule has 0 aromatic heterocycles. The van der Waals surface area contributed by atoms with Crippen LogP contribution in [-0.4, -0.2) is 30.6 Å². The number of hydrogen-bond acceptors (Lipinski definition) is 3.